The molecule has 5 rings (SSSR count). The molecule has 1 fully saturated rings. The molecule has 0 saturated carbocycles. The van der Waals surface area contributed by atoms with Gasteiger partial charge in [0.05, 0.1) is 18.2 Å². The summed E-state index contributed by atoms with van der Waals surface area (Å²) in [5.41, 5.74) is 5.35. The maximum Gasteiger partial charge on any atom is 0.138 e. The van der Waals surface area contributed by atoms with Gasteiger partial charge in [-0.25, -0.2) is 0 Å². The Bertz CT molecular complexity index is 1090. The number of rotatable bonds is 5. The van der Waals surface area contributed by atoms with Crippen LogP contribution in [-0.4, -0.2) is 22.6 Å². The van der Waals surface area contributed by atoms with Crippen molar-refractivity contribution < 1.29 is 4.42 Å². The predicted molar refractivity (Wildman–Crippen MR) is 129 cm³/mol. The molecule has 2 N–H and O–H groups in total. The number of nitrogens with one attached hydrogen (secondary N) is 2. The van der Waals surface area contributed by atoms with Gasteiger partial charge >= 0.3 is 0 Å². The molecule has 2 atom stereocenters. The van der Waals surface area contributed by atoms with Gasteiger partial charge in [-0.1, -0.05) is 30.3 Å². The van der Waals surface area contributed by atoms with E-state index in [0.717, 1.165) is 47.3 Å². The summed E-state index contributed by atoms with van der Waals surface area (Å²) in [5, 5.41) is 8.56. The molecule has 5 nitrogen and oxygen atoms in total. The Morgan fingerprint density at radius 3 is 2.74 bits per heavy atom. The SMILES string of the molecule is Cl.Cl.c1ccc(C2NCCCC2NCc2cc(-c3cnccn3)cc3ccoc23)cc1. The largest absolute Gasteiger partial charge is 0.464 e. The average molecular weight is 457 g/mol. The monoisotopic (exact) mass is 456 g/mol. The highest BCUT2D eigenvalue weighted by atomic mass is 35.5. The van der Waals surface area contributed by atoms with Crippen LogP contribution in [0.2, 0.25) is 0 Å². The lowest BCUT2D eigenvalue weighted by Gasteiger charge is -2.34. The fourth-order valence-corrected chi connectivity index (χ4v) is 4.24. The molecule has 0 bridgehead atoms. The second-order valence-electron chi connectivity index (χ2n) is 7.54. The van der Waals surface area contributed by atoms with Gasteiger partial charge in [-0.05, 0) is 43.1 Å². The molecule has 7 heteroatoms. The normalized spacial score (nSPS) is 18.2. The summed E-state index contributed by atoms with van der Waals surface area (Å²) < 4.78 is 5.80. The first kappa shape index (κ1) is 23.2. The van der Waals surface area contributed by atoms with E-state index in [0.29, 0.717) is 12.1 Å². The molecule has 2 unspecified atom stereocenters. The van der Waals surface area contributed by atoms with Crippen LogP contribution in [-0.2, 0) is 6.54 Å². The van der Waals surface area contributed by atoms with E-state index in [-0.39, 0.29) is 24.8 Å². The molecule has 2 aromatic carbocycles. The third kappa shape index (κ3) is 5.08. The number of hydrogen-bond donors (Lipinski definition) is 2. The zero-order valence-corrected chi connectivity index (χ0v) is 18.7. The van der Waals surface area contributed by atoms with E-state index in [1.54, 1.807) is 24.9 Å². The van der Waals surface area contributed by atoms with E-state index >= 15 is 0 Å². The van der Waals surface area contributed by atoms with Crippen molar-refractivity contribution in [3.05, 3.63) is 84.5 Å². The fraction of sp³-hybridized carbons (Fsp3) is 0.250. The second-order valence-corrected chi connectivity index (χ2v) is 7.54. The van der Waals surface area contributed by atoms with Crippen molar-refractivity contribution >= 4 is 35.8 Å². The molecule has 162 valence electrons. The smallest absolute Gasteiger partial charge is 0.138 e. The van der Waals surface area contributed by atoms with Crippen LogP contribution >= 0.6 is 24.8 Å². The third-order valence-electron chi connectivity index (χ3n) is 5.66. The van der Waals surface area contributed by atoms with Crippen LogP contribution < -0.4 is 10.6 Å². The molecule has 4 aromatic rings. The Kier molecular flexibility index (Phi) is 8.04. The minimum absolute atomic E-state index is 0. The first-order valence-electron chi connectivity index (χ1n) is 10.2. The quantitative estimate of drug-likeness (QED) is 0.425. The Labute approximate surface area is 194 Å². The molecule has 1 saturated heterocycles. The Hall–Kier alpha value is -2.44. The number of hydrogen-bond acceptors (Lipinski definition) is 5. The summed E-state index contributed by atoms with van der Waals surface area (Å²) in [5.74, 6) is 0. The predicted octanol–water partition coefficient (Wildman–Crippen LogP) is 5.32. The Balaban J connectivity index is 0.00000136. The van der Waals surface area contributed by atoms with Crippen LogP contribution in [0.25, 0.3) is 22.2 Å². The van der Waals surface area contributed by atoms with Crippen molar-refractivity contribution in [2.24, 2.45) is 0 Å². The minimum atomic E-state index is 0. The summed E-state index contributed by atoms with van der Waals surface area (Å²) in [6.07, 6.45) is 9.31. The van der Waals surface area contributed by atoms with Crippen molar-refractivity contribution in [3.63, 3.8) is 0 Å². The molecule has 0 aliphatic carbocycles. The van der Waals surface area contributed by atoms with Gasteiger partial charge in [0.1, 0.15) is 5.58 Å². The van der Waals surface area contributed by atoms with Gasteiger partial charge in [-0.3, -0.25) is 9.97 Å². The van der Waals surface area contributed by atoms with E-state index < -0.39 is 0 Å². The Morgan fingerprint density at radius 2 is 1.94 bits per heavy atom. The lowest BCUT2D eigenvalue weighted by molar-refractivity contribution is 0.304. The number of furan rings is 1. The molecule has 0 radical (unpaired) electrons. The van der Waals surface area contributed by atoms with Crippen LogP contribution in [0.3, 0.4) is 0 Å². The molecule has 0 amide bonds. The molecule has 0 spiro atoms. The minimum Gasteiger partial charge on any atom is -0.464 e. The molecule has 3 heterocycles. The van der Waals surface area contributed by atoms with Crippen molar-refractivity contribution in [2.45, 2.75) is 31.5 Å². The first-order chi connectivity index (χ1) is 14.4. The third-order valence-corrected chi connectivity index (χ3v) is 5.66. The Morgan fingerprint density at radius 1 is 1.06 bits per heavy atom. The summed E-state index contributed by atoms with van der Waals surface area (Å²) in [6.45, 7) is 1.80. The van der Waals surface area contributed by atoms with Crippen molar-refractivity contribution in [1.82, 2.24) is 20.6 Å². The molecular weight excluding hydrogens is 431 g/mol. The van der Waals surface area contributed by atoms with Crippen LogP contribution in [0.4, 0.5) is 0 Å². The maximum atomic E-state index is 5.80. The zero-order valence-electron chi connectivity index (χ0n) is 17.0. The van der Waals surface area contributed by atoms with Crippen LogP contribution in [0.5, 0.6) is 0 Å². The van der Waals surface area contributed by atoms with Crippen LogP contribution in [0.1, 0.15) is 30.0 Å². The number of fused-ring (bicyclic) bond motifs is 1. The van der Waals surface area contributed by atoms with Crippen LogP contribution in [0.15, 0.2) is 77.8 Å². The topological polar surface area (TPSA) is 63.0 Å². The number of piperidine rings is 1. The lowest BCUT2D eigenvalue weighted by atomic mass is 9.92. The van der Waals surface area contributed by atoms with Gasteiger partial charge in [-0.2, -0.15) is 0 Å². The first-order valence-corrected chi connectivity index (χ1v) is 10.2. The van der Waals surface area contributed by atoms with E-state index in [2.05, 4.69) is 63.1 Å². The van der Waals surface area contributed by atoms with Crippen LogP contribution in [0, 0.1) is 0 Å². The zero-order chi connectivity index (χ0) is 19.5. The number of benzene rings is 2. The van der Waals surface area contributed by atoms with Gasteiger partial charge in [0.2, 0.25) is 0 Å². The summed E-state index contributed by atoms with van der Waals surface area (Å²) >= 11 is 0. The maximum absolute atomic E-state index is 5.80. The summed E-state index contributed by atoms with van der Waals surface area (Å²) in [6, 6.07) is 17.7. The van der Waals surface area contributed by atoms with Crippen molar-refractivity contribution in [1.29, 1.82) is 0 Å². The number of aromatic nitrogens is 2. The molecule has 1 aliphatic rings. The molecule has 1 aliphatic heterocycles. The van der Waals surface area contributed by atoms with Gasteiger partial charge in [0.25, 0.3) is 0 Å². The number of nitrogens with zero attached hydrogens (tertiary/aromatic N) is 2. The van der Waals surface area contributed by atoms with Crippen molar-refractivity contribution in [3.8, 4) is 11.3 Å². The van der Waals surface area contributed by atoms with Gasteiger partial charge < -0.3 is 15.1 Å². The van der Waals surface area contributed by atoms with Gasteiger partial charge in [0, 0.05) is 47.5 Å². The number of halogens is 2. The standard InChI is InChI=1S/C24H24N4O.2ClH/c1-2-5-17(6-3-1)23-21(7-4-9-27-23)28-15-20-14-19(22-16-25-10-11-26-22)13-18-8-12-29-24(18)20;;/h1-3,5-6,8,10-14,16,21,23,27-28H,4,7,9,15H2;2*1H. The summed E-state index contributed by atoms with van der Waals surface area (Å²) in [7, 11) is 0. The molecule has 2 aromatic heterocycles. The lowest BCUT2D eigenvalue weighted by Crippen LogP contribution is -2.45. The van der Waals surface area contributed by atoms with E-state index in [1.165, 1.54) is 12.0 Å². The molecular formula is C24H26Cl2N4O. The summed E-state index contributed by atoms with van der Waals surface area (Å²) in [4.78, 5) is 8.67. The van der Waals surface area contributed by atoms with E-state index in [9.17, 15) is 0 Å². The van der Waals surface area contributed by atoms with Crippen molar-refractivity contribution in [2.75, 3.05) is 6.54 Å². The highest BCUT2D eigenvalue weighted by Crippen LogP contribution is 2.29. The van der Waals surface area contributed by atoms with E-state index in [4.69, 9.17) is 4.42 Å². The highest BCUT2D eigenvalue weighted by Gasteiger charge is 2.25. The fourth-order valence-electron chi connectivity index (χ4n) is 4.24. The highest BCUT2D eigenvalue weighted by molar-refractivity contribution is 5.86. The van der Waals surface area contributed by atoms with E-state index in [1.807, 2.05) is 6.07 Å². The van der Waals surface area contributed by atoms with Gasteiger partial charge in [0.15, 0.2) is 0 Å². The molecule has 31 heavy (non-hydrogen) atoms. The van der Waals surface area contributed by atoms with Gasteiger partial charge in [-0.15, -0.1) is 24.8 Å². The average Bonchev–Trinajstić information content (AvgIpc) is 3.28. The second kappa shape index (κ2) is 10.7.